The van der Waals surface area contributed by atoms with E-state index in [1.807, 2.05) is 38.1 Å². The number of fused-ring (bicyclic) bond motifs is 1. The van der Waals surface area contributed by atoms with Crippen molar-refractivity contribution in [2.75, 3.05) is 24.5 Å². The second kappa shape index (κ2) is 9.00. The number of nitrogens with zero attached hydrogens (tertiary/aromatic N) is 4. The molecule has 1 aliphatic rings. The Hall–Kier alpha value is -2.67. The number of hydrogen-bond acceptors (Lipinski definition) is 6. The monoisotopic (exact) mass is 427 g/mol. The molecular formula is C22H26ClN5O2. The molecule has 1 N–H and O–H groups in total. The lowest BCUT2D eigenvalue weighted by molar-refractivity contribution is -0.125. The molecule has 0 unspecified atom stereocenters. The lowest BCUT2D eigenvalue weighted by Crippen LogP contribution is -2.44. The molecule has 4 rings (SSSR count). The van der Waals surface area contributed by atoms with Crippen molar-refractivity contribution in [1.29, 1.82) is 0 Å². The number of carbonyl (C=O) groups excluding carboxylic acids is 1. The molecule has 3 aromatic rings. The van der Waals surface area contributed by atoms with Gasteiger partial charge in [-0.3, -0.25) is 4.79 Å². The second-order valence-electron chi connectivity index (χ2n) is 7.71. The number of nitrogens with one attached hydrogen (secondary N) is 1. The van der Waals surface area contributed by atoms with Gasteiger partial charge in [0.2, 0.25) is 5.91 Å². The van der Waals surface area contributed by atoms with Gasteiger partial charge < -0.3 is 14.7 Å². The number of benzene rings is 1. The van der Waals surface area contributed by atoms with Gasteiger partial charge in [0.05, 0.1) is 11.6 Å². The third-order valence-corrected chi connectivity index (χ3v) is 5.80. The van der Waals surface area contributed by atoms with Gasteiger partial charge in [0.1, 0.15) is 17.0 Å². The summed E-state index contributed by atoms with van der Waals surface area (Å²) in [5, 5.41) is 8.83. The number of hydrogen-bond donors (Lipinski definition) is 1. The van der Waals surface area contributed by atoms with Crippen LogP contribution in [0.3, 0.4) is 0 Å². The first-order valence-electron chi connectivity index (χ1n) is 10.4. The maximum absolute atomic E-state index is 12.8. The summed E-state index contributed by atoms with van der Waals surface area (Å²) in [7, 11) is 0. The van der Waals surface area contributed by atoms with Gasteiger partial charge in [0.25, 0.3) is 5.71 Å². The van der Waals surface area contributed by atoms with Gasteiger partial charge in [-0.1, -0.05) is 35.8 Å². The Morgan fingerprint density at radius 1 is 1.30 bits per heavy atom. The van der Waals surface area contributed by atoms with Crippen molar-refractivity contribution in [1.82, 2.24) is 20.4 Å². The molecule has 1 atom stereocenters. The maximum Gasteiger partial charge on any atom is 0.263 e. The van der Waals surface area contributed by atoms with Gasteiger partial charge in [0.15, 0.2) is 0 Å². The van der Waals surface area contributed by atoms with E-state index in [1.165, 1.54) is 0 Å². The summed E-state index contributed by atoms with van der Waals surface area (Å²) < 4.78 is 5.41. The van der Waals surface area contributed by atoms with Crippen LogP contribution in [0.1, 0.15) is 36.8 Å². The zero-order valence-corrected chi connectivity index (χ0v) is 18.1. The second-order valence-corrected chi connectivity index (χ2v) is 8.15. The molecule has 30 heavy (non-hydrogen) atoms. The zero-order chi connectivity index (χ0) is 21.1. The lowest BCUT2D eigenvalue weighted by atomic mass is 9.96. The Bertz CT molecular complexity index is 1030. The highest BCUT2D eigenvalue weighted by Crippen LogP contribution is 2.30. The third kappa shape index (κ3) is 4.41. The SMILES string of the molecule is CCc1noc2nc(C)nc(N3CCC[C@H](C(=O)NCCc4ccc(Cl)cc4)C3)c12. The summed E-state index contributed by atoms with van der Waals surface area (Å²) >= 11 is 5.93. The van der Waals surface area contributed by atoms with Crippen molar-refractivity contribution >= 4 is 34.4 Å². The van der Waals surface area contributed by atoms with E-state index in [4.69, 9.17) is 16.1 Å². The molecule has 0 saturated carbocycles. The van der Waals surface area contributed by atoms with Crippen LogP contribution in [0.25, 0.3) is 11.1 Å². The fourth-order valence-corrected chi connectivity index (χ4v) is 4.10. The quantitative estimate of drug-likeness (QED) is 0.645. The molecule has 1 aliphatic heterocycles. The minimum Gasteiger partial charge on any atom is -0.355 e. The van der Waals surface area contributed by atoms with Crippen LogP contribution < -0.4 is 10.2 Å². The number of piperidine rings is 1. The van der Waals surface area contributed by atoms with Crippen molar-refractivity contribution in [3.63, 3.8) is 0 Å². The van der Waals surface area contributed by atoms with Crippen molar-refractivity contribution < 1.29 is 9.32 Å². The largest absolute Gasteiger partial charge is 0.355 e. The number of halogens is 1. The van der Waals surface area contributed by atoms with Gasteiger partial charge >= 0.3 is 0 Å². The highest BCUT2D eigenvalue weighted by atomic mass is 35.5. The summed E-state index contributed by atoms with van der Waals surface area (Å²) in [6.07, 6.45) is 3.34. The van der Waals surface area contributed by atoms with Crippen LogP contribution in [0.2, 0.25) is 5.02 Å². The summed E-state index contributed by atoms with van der Waals surface area (Å²) in [6, 6.07) is 7.72. The molecule has 0 bridgehead atoms. The average Bonchev–Trinajstić information content (AvgIpc) is 3.17. The topological polar surface area (TPSA) is 84.2 Å². The van der Waals surface area contributed by atoms with E-state index in [1.54, 1.807) is 0 Å². The molecular weight excluding hydrogens is 402 g/mol. The highest BCUT2D eigenvalue weighted by Gasteiger charge is 2.29. The molecule has 2 aromatic heterocycles. The van der Waals surface area contributed by atoms with Crippen molar-refractivity contribution in [3.05, 3.63) is 46.4 Å². The first-order valence-corrected chi connectivity index (χ1v) is 10.8. The van der Waals surface area contributed by atoms with E-state index in [0.717, 1.165) is 59.7 Å². The van der Waals surface area contributed by atoms with Crippen LogP contribution in [0.4, 0.5) is 5.82 Å². The van der Waals surface area contributed by atoms with E-state index in [-0.39, 0.29) is 11.8 Å². The Morgan fingerprint density at radius 2 is 2.10 bits per heavy atom. The molecule has 0 radical (unpaired) electrons. The van der Waals surface area contributed by atoms with Gasteiger partial charge in [-0.25, -0.2) is 4.98 Å². The number of aryl methyl sites for hydroxylation is 2. The van der Waals surface area contributed by atoms with Crippen molar-refractivity contribution in [3.8, 4) is 0 Å². The van der Waals surface area contributed by atoms with Gasteiger partial charge in [-0.05, 0) is 50.3 Å². The lowest BCUT2D eigenvalue weighted by Gasteiger charge is -2.33. The number of carbonyl (C=O) groups is 1. The predicted molar refractivity (Wildman–Crippen MR) is 117 cm³/mol. The van der Waals surface area contributed by atoms with E-state index < -0.39 is 0 Å². The Labute approximate surface area is 180 Å². The van der Waals surface area contributed by atoms with E-state index in [0.29, 0.717) is 24.6 Å². The molecule has 1 fully saturated rings. The average molecular weight is 428 g/mol. The minimum absolute atomic E-state index is 0.0702. The molecule has 158 valence electrons. The van der Waals surface area contributed by atoms with E-state index in [2.05, 4.69) is 25.3 Å². The third-order valence-electron chi connectivity index (χ3n) is 5.55. The Balaban J connectivity index is 1.43. The van der Waals surface area contributed by atoms with Crippen LogP contribution >= 0.6 is 11.6 Å². The predicted octanol–water partition coefficient (Wildman–Crippen LogP) is 3.72. The molecule has 0 spiro atoms. The van der Waals surface area contributed by atoms with Gasteiger partial charge in [0, 0.05) is 24.7 Å². The number of amides is 1. The summed E-state index contributed by atoms with van der Waals surface area (Å²) in [6.45, 7) is 5.98. The molecule has 7 nitrogen and oxygen atoms in total. The highest BCUT2D eigenvalue weighted by molar-refractivity contribution is 6.30. The Kier molecular flexibility index (Phi) is 6.18. The fraction of sp³-hybridized carbons (Fsp3) is 0.455. The molecule has 1 amide bonds. The van der Waals surface area contributed by atoms with Crippen LogP contribution in [0.15, 0.2) is 28.8 Å². The molecule has 1 saturated heterocycles. The van der Waals surface area contributed by atoms with Crippen molar-refractivity contribution in [2.24, 2.45) is 5.92 Å². The molecule has 0 aliphatic carbocycles. The maximum atomic E-state index is 12.8. The zero-order valence-electron chi connectivity index (χ0n) is 17.3. The van der Waals surface area contributed by atoms with E-state index >= 15 is 0 Å². The number of aromatic nitrogens is 3. The summed E-state index contributed by atoms with van der Waals surface area (Å²) in [4.78, 5) is 24.0. The summed E-state index contributed by atoms with van der Waals surface area (Å²) in [5.74, 6) is 1.50. The first kappa shape index (κ1) is 20.6. The minimum atomic E-state index is -0.0702. The molecule has 8 heteroatoms. The standard InChI is InChI=1S/C22H26ClN5O2/c1-3-18-19-20(25-14(2)26-22(19)30-27-18)28-12-4-5-16(13-28)21(29)24-11-10-15-6-8-17(23)9-7-15/h6-9,16H,3-5,10-13H2,1-2H3,(H,24,29)/t16-/m0/s1. The van der Waals surface area contributed by atoms with Crippen LogP contribution in [-0.2, 0) is 17.6 Å². The normalized spacial score (nSPS) is 16.8. The summed E-state index contributed by atoms with van der Waals surface area (Å²) in [5.41, 5.74) is 2.53. The first-order chi connectivity index (χ1) is 14.5. The van der Waals surface area contributed by atoms with Crippen molar-refractivity contribution in [2.45, 2.75) is 39.5 Å². The number of rotatable bonds is 6. The van der Waals surface area contributed by atoms with Crippen LogP contribution in [-0.4, -0.2) is 40.7 Å². The Morgan fingerprint density at radius 3 is 2.87 bits per heavy atom. The molecule has 1 aromatic carbocycles. The number of anilines is 1. The van der Waals surface area contributed by atoms with Gasteiger partial charge in [-0.15, -0.1) is 0 Å². The molecule has 3 heterocycles. The van der Waals surface area contributed by atoms with Crippen LogP contribution in [0, 0.1) is 12.8 Å². The van der Waals surface area contributed by atoms with E-state index in [9.17, 15) is 4.79 Å². The smallest absolute Gasteiger partial charge is 0.263 e. The fourth-order valence-electron chi connectivity index (χ4n) is 3.97. The van der Waals surface area contributed by atoms with Crippen LogP contribution in [0.5, 0.6) is 0 Å². The van der Waals surface area contributed by atoms with Gasteiger partial charge in [-0.2, -0.15) is 4.98 Å².